The molecule has 0 spiro atoms. The summed E-state index contributed by atoms with van der Waals surface area (Å²) in [6.45, 7) is 11.2. The second kappa shape index (κ2) is 8.48. The lowest BCUT2D eigenvalue weighted by atomic mass is 10.4. The largest absolute Gasteiger partial charge is 0.373 e. The Bertz CT molecular complexity index is 234. The van der Waals surface area contributed by atoms with Crippen LogP contribution in [0.4, 0.5) is 0 Å². The number of aldehydes is 1. The summed E-state index contributed by atoms with van der Waals surface area (Å²) in [4.78, 5) is 11.0. The summed E-state index contributed by atoms with van der Waals surface area (Å²) in [6.07, 6.45) is 2.64. The molecule has 0 N–H and O–H groups in total. The van der Waals surface area contributed by atoms with Gasteiger partial charge in [0.2, 0.25) is 0 Å². The Morgan fingerprint density at radius 2 is 1.81 bits per heavy atom. The van der Waals surface area contributed by atoms with Gasteiger partial charge in [0.1, 0.15) is 6.29 Å². The van der Waals surface area contributed by atoms with Crippen molar-refractivity contribution in [2.45, 2.75) is 38.9 Å². The molecule has 92 valence electrons. The molecular formula is C13H24O2Si. The van der Waals surface area contributed by atoms with Crippen LogP contribution in [0.5, 0.6) is 0 Å². The highest BCUT2D eigenvalue weighted by molar-refractivity contribution is 6.84. The number of carbonyl (C=O) groups is 1. The molecule has 0 aromatic carbocycles. The van der Waals surface area contributed by atoms with E-state index in [4.69, 9.17) is 4.74 Å². The Labute approximate surface area is 100 Å². The summed E-state index contributed by atoms with van der Waals surface area (Å²) in [5, 5.41) is 0. The van der Waals surface area contributed by atoms with E-state index in [1.807, 2.05) is 0 Å². The summed E-state index contributed by atoms with van der Waals surface area (Å²) in [5.74, 6) is 0. The molecule has 0 aromatic rings. The lowest BCUT2D eigenvalue weighted by Crippen LogP contribution is -2.30. The highest BCUT2D eigenvalue weighted by Crippen LogP contribution is 2.22. The predicted molar refractivity (Wildman–Crippen MR) is 72.4 cm³/mol. The third-order valence-corrected chi connectivity index (χ3v) is 8.47. The molecule has 3 heteroatoms. The van der Waals surface area contributed by atoms with E-state index in [1.54, 1.807) is 6.08 Å². The molecule has 0 fully saturated rings. The second-order valence-electron chi connectivity index (χ2n) is 4.06. The molecule has 0 aliphatic carbocycles. The average molecular weight is 240 g/mol. The van der Waals surface area contributed by atoms with Crippen molar-refractivity contribution in [3.05, 3.63) is 23.9 Å². The van der Waals surface area contributed by atoms with Crippen LogP contribution in [0.1, 0.15) is 20.8 Å². The number of hydrogen-bond donors (Lipinski definition) is 0. The minimum atomic E-state index is -1.36. The van der Waals surface area contributed by atoms with Crippen LogP contribution in [0.2, 0.25) is 18.1 Å². The summed E-state index contributed by atoms with van der Waals surface area (Å²) < 4.78 is 5.32. The molecule has 16 heavy (non-hydrogen) atoms. The number of ether oxygens (including phenoxy) is 1. The Balaban J connectivity index is 4.62. The molecule has 0 saturated heterocycles. The Morgan fingerprint density at radius 1 is 1.25 bits per heavy atom. The summed E-state index contributed by atoms with van der Waals surface area (Å²) >= 11 is 0. The highest BCUT2D eigenvalue weighted by atomic mass is 28.3. The topological polar surface area (TPSA) is 26.3 Å². The van der Waals surface area contributed by atoms with Gasteiger partial charge in [0.15, 0.2) is 0 Å². The molecule has 0 atom stereocenters. The van der Waals surface area contributed by atoms with Crippen LogP contribution in [0, 0.1) is 0 Å². The predicted octanol–water partition coefficient (Wildman–Crippen LogP) is 3.36. The molecular weight excluding hydrogens is 216 g/mol. The first-order valence-electron chi connectivity index (χ1n) is 6.03. The Hall–Kier alpha value is -0.673. The smallest absolute Gasteiger partial charge is 0.147 e. The lowest BCUT2D eigenvalue weighted by molar-refractivity contribution is -0.105. The van der Waals surface area contributed by atoms with E-state index in [9.17, 15) is 4.79 Å². The molecule has 0 amide bonds. The van der Waals surface area contributed by atoms with Gasteiger partial charge in [-0.2, -0.15) is 0 Å². The molecule has 2 nitrogen and oxygen atoms in total. The standard InChI is InChI=1S/C13H24O2Si/c1-5-9-15-11-13(10-14)12-16(6-2,7-3)8-4/h5,10,12H,1,6-9,11H2,2-4H3/b13-12+. The Morgan fingerprint density at radius 3 is 2.19 bits per heavy atom. The van der Waals surface area contributed by atoms with Crippen LogP contribution in [0.15, 0.2) is 23.9 Å². The van der Waals surface area contributed by atoms with Gasteiger partial charge in [-0.15, -0.1) is 6.58 Å². The number of rotatable bonds is 9. The van der Waals surface area contributed by atoms with Crippen molar-refractivity contribution in [3.63, 3.8) is 0 Å². The van der Waals surface area contributed by atoms with Crippen molar-refractivity contribution in [3.8, 4) is 0 Å². The van der Waals surface area contributed by atoms with Crippen LogP contribution in [-0.2, 0) is 9.53 Å². The van der Waals surface area contributed by atoms with E-state index in [-0.39, 0.29) is 0 Å². The zero-order valence-electron chi connectivity index (χ0n) is 10.8. The molecule has 0 heterocycles. The van der Waals surface area contributed by atoms with Crippen LogP contribution in [-0.4, -0.2) is 27.6 Å². The van der Waals surface area contributed by atoms with Gasteiger partial charge in [-0.25, -0.2) is 0 Å². The van der Waals surface area contributed by atoms with E-state index >= 15 is 0 Å². The molecule has 0 rings (SSSR count). The monoisotopic (exact) mass is 240 g/mol. The Kier molecular flexibility index (Phi) is 8.12. The molecule has 0 saturated carbocycles. The first-order chi connectivity index (χ1) is 7.67. The summed E-state index contributed by atoms with van der Waals surface area (Å²) in [5.41, 5.74) is 3.03. The first kappa shape index (κ1) is 15.3. The van der Waals surface area contributed by atoms with Crippen LogP contribution in [0.3, 0.4) is 0 Å². The maximum atomic E-state index is 11.0. The van der Waals surface area contributed by atoms with Crippen molar-refractivity contribution in [2.24, 2.45) is 0 Å². The van der Waals surface area contributed by atoms with Crippen molar-refractivity contribution in [1.82, 2.24) is 0 Å². The molecule has 0 unspecified atom stereocenters. The van der Waals surface area contributed by atoms with Crippen molar-refractivity contribution in [1.29, 1.82) is 0 Å². The van der Waals surface area contributed by atoms with E-state index in [1.165, 1.54) is 18.1 Å². The quantitative estimate of drug-likeness (QED) is 0.203. The van der Waals surface area contributed by atoms with Gasteiger partial charge in [-0.05, 0) is 0 Å². The average Bonchev–Trinajstić information content (AvgIpc) is 2.34. The third-order valence-electron chi connectivity index (χ3n) is 3.26. The fraction of sp³-hybridized carbons (Fsp3) is 0.615. The van der Waals surface area contributed by atoms with Gasteiger partial charge in [0.25, 0.3) is 0 Å². The first-order valence-corrected chi connectivity index (χ1v) is 8.73. The highest BCUT2D eigenvalue weighted by Gasteiger charge is 2.24. The molecule has 0 aliphatic rings. The van der Waals surface area contributed by atoms with E-state index in [2.05, 4.69) is 33.0 Å². The van der Waals surface area contributed by atoms with Gasteiger partial charge < -0.3 is 4.74 Å². The molecule has 0 aromatic heterocycles. The second-order valence-corrected chi connectivity index (χ2v) is 9.20. The fourth-order valence-corrected chi connectivity index (χ4v) is 4.87. The van der Waals surface area contributed by atoms with E-state index in [0.717, 1.165) is 11.9 Å². The normalized spacial score (nSPS) is 12.6. The zero-order valence-corrected chi connectivity index (χ0v) is 11.8. The van der Waals surface area contributed by atoms with Crippen LogP contribution in [0.25, 0.3) is 0 Å². The van der Waals surface area contributed by atoms with E-state index < -0.39 is 8.07 Å². The maximum absolute atomic E-state index is 11.0. The minimum Gasteiger partial charge on any atom is -0.373 e. The van der Waals surface area contributed by atoms with Crippen molar-refractivity contribution >= 4 is 14.4 Å². The van der Waals surface area contributed by atoms with Gasteiger partial charge in [0, 0.05) is 5.57 Å². The number of hydrogen-bond acceptors (Lipinski definition) is 2. The maximum Gasteiger partial charge on any atom is 0.147 e. The fourth-order valence-electron chi connectivity index (χ4n) is 1.82. The van der Waals surface area contributed by atoms with Gasteiger partial charge >= 0.3 is 0 Å². The lowest BCUT2D eigenvalue weighted by Gasteiger charge is -2.24. The van der Waals surface area contributed by atoms with Gasteiger partial charge in [-0.3, -0.25) is 4.79 Å². The molecule has 0 aliphatic heterocycles. The zero-order chi connectivity index (χ0) is 12.4. The molecule has 0 bridgehead atoms. The van der Waals surface area contributed by atoms with E-state index in [0.29, 0.717) is 13.2 Å². The SMILES string of the molecule is C=CCOC/C(C=O)=C/[Si](CC)(CC)CC. The van der Waals surface area contributed by atoms with Crippen LogP contribution >= 0.6 is 0 Å². The summed E-state index contributed by atoms with van der Waals surface area (Å²) in [7, 11) is -1.36. The molecule has 0 radical (unpaired) electrons. The summed E-state index contributed by atoms with van der Waals surface area (Å²) in [6, 6.07) is 3.58. The van der Waals surface area contributed by atoms with Gasteiger partial charge in [0.05, 0.1) is 21.3 Å². The minimum absolute atomic E-state index is 0.421. The third kappa shape index (κ3) is 4.90. The van der Waals surface area contributed by atoms with Gasteiger partial charge in [-0.1, -0.05) is 50.7 Å². The van der Waals surface area contributed by atoms with Crippen LogP contribution < -0.4 is 0 Å². The van der Waals surface area contributed by atoms with Crippen molar-refractivity contribution in [2.75, 3.05) is 13.2 Å². The number of carbonyl (C=O) groups excluding carboxylic acids is 1. The van der Waals surface area contributed by atoms with Crippen molar-refractivity contribution < 1.29 is 9.53 Å².